The molecular weight excluding hydrogens is 347 g/mol. The average molecular weight is 362 g/mol. The van der Waals surface area contributed by atoms with E-state index in [9.17, 15) is 12.8 Å². The molecule has 124 valence electrons. The molecule has 0 aliphatic carbocycles. The van der Waals surface area contributed by atoms with Gasteiger partial charge in [-0.15, -0.1) is 0 Å². The third-order valence-electron chi connectivity index (χ3n) is 4.51. The maximum atomic E-state index is 13.2. The van der Waals surface area contributed by atoms with E-state index in [1.165, 1.54) is 12.1 Å². The van der Waals surface area contributed by atoms with Crippen LogP contribution in [0.2, 0.25) is 0 Å². The molecule has 0 radical (unpaired) electrons. The molecule has 0 saturated carbocycles. The molecule has 2 aliphatic heterocycles. The highest BCUT2D eigenvalue weighted by Gasteiger charge is 2.52. The van der Waals surface area contributed by atoms with Gasteiger partial charge in [0.15, 0.2) is 14.9 Å². The summed E-state index contributed by atoms with van der Waals surface area (Å²) in [6, 6.07) is 15.1. The second kappa shape index (κ2) is 5.53. The standard InChI is InChI=1S/C17H15FN2O2S2/c18-12-6-8-14(9-7-12)20-16-11-24(21,22)10-15(16)19(17(20)23)13-4-2-1-3-5-13/h1-9,15-16H,10-11H2/t15-,16-/m0/s1. The Hall–Kier alpha value is -1.99. The largest absolute Gasteiger partial charge is 0.312 e. The molecule has 0 spiro atoms. The molecule has 2 fully saturated rings. The van der Waals surface area contributed by atoms with Crippen LogP contribution in [0.4, 0.5) is 15.8 Å². The van der Waals surface area contributed by atoms with Crippen molar-refractivity contribution in [3.05, 3.63) is 60.4 Å². The number of hydrogen-bond acceptors (Lipinski definition) is 3. The monoisotopic (exact) mass is 362 g/mol. The van der Waals surface area contributed by atoms with Gasteiger partial charge in [0.1, 0.15) is 5.82 Å². The van der Waals surface area contributed by atoms with Crippen LogP contribution in [0.25, 0.3) is 0 Å². The van der Waals surface area contributed by atoms with E-state index in [1.807, 2.05) is 40.1 Å². The van der Waals surface area contributed by atoms with Crippen LogP contribution in [0.15, 0.2) is 54.6 Å². The Labute approximate surface area is 145 Å². The number of rotatable bonds is 2. The van der Waals surface area contributed by atoms with Crippen LogP contribution in [0, 0.1) is 5.82 Å². The summed E-state index contributed by atoms with van der Waals surface area (Å²) in [4.78, 5) is 3.75. The van der Waals surface area contributed by atoms with Gasteiger partial charge in [-0.05, 0) is 48.6 Å². The van der Waals surface area contributed by atoms with Gasteiger partial charge in [-0.2, -0.15) is 0 Å². The summed E-state index contributed by atoms with van der Waals surface area (Å²) in [5.41, 5.74) is 1.59. The molecule has 2 heterocycles. The predicted molar refractivity (Wildman–Crippen MR) is 96.6 cm³/mol. The lowest BCUT2D eigenvalue weighted by molar-refractivity contribution is 0.601. The van der Waals surface area contributed by atoms with E-state index in [0.717, 1.165) is 5.69 Å². The van der Waals surface area contributed by atoms with Gasteiger partial charge in [0.05, 0.1) is 23.6 Å². The van der Waals surface area contributed by atoms with Gasteiger partial charge >= 0.3 is 0 Å². The Bertz CT molecular complexity index is 885. The van der Waals surface area contributed by atoms with Crippen molar-refractivity contribution in [3.8, 4) is 0 Å². The Morgan fingerprint density at radius 3 is 1.92 bits per heavy atom. The lowest BCUT2D eigenvalue weighted by Crippen LogP contribution is -2.37. The van der Waals surface area contributed by atoms with E-state index in [-0.39, 0.29) is 29.4 Å². The number of para-hydroxylation sites is 1. The molecule has 0 amide bonds. The highest BCUT2D eigenvalue weighted by Crippen LogP contribution is 2.37. The van der Waals surface area contributed by atoms with Crippen molar-refractivity contribution in [2.75, 3.05) is 21.3 Å². The molecule has 4 rings (SSSR count). The molecular formula is C17H15FN2O2S2. The van der Waals surface area contributed by atoms with E-state index in [0.29, 0.717) is 10.8 Å². The van der Waals surface area contributed by atoms with Crippen molar-refractivity contribution in [2.24, 2.45) is 0 Å². The second-order valence-corrected chi connectivity index (χ2v) is 8.57. The van der Waals surface area contributed by atoms with Crippen molar-refractivity contribution < 1.29 is 12.8 Å². The average Bonchev–Trinajstić information content (AvgIpc) is 2.98. The number of fused-ring (bicyclic) bond motifs is 1. The van der Waals surface area contributed by atoms with Gasteiger partial charge < -0.3 is 9.80 Å². The summed E-state index contributed by atoms with van der Waals surface area (Å²) in [7, 11) is -3.14. The number of thiocarbonyl (C=S) groups is 1. The Balaban J connectivity index is 1.80. The van der Waals surface area contributed by atoms with E-state index in [4.69, 9.17) is 12.2 Å². The summed E-state index contributed by atoms with van der Waals surface area (Å²) in [5.74, 6) is -0.206. The Morgan fingerprint density at radius 1 is 0.875 bits per heavy atom. The van der Waals surface area contributed by atoms with Crippen molar-refractivity contribution in [2.45, 2.75) is 12.1 Å². The topological polar surface area (TPSA) is 40.6 Å². The van der Waals surface area contributed by atoms with Crippen molar-refractivity contribution >= 4 is 38.5 Å². The fraction of sp³-hybridized carbons (Fsp3) is 0.235. The van der Waals surface area contributed by atoms with E-state index in [1.54, 1.807) is 12.1 Å². The first kappa shape index (κ1) is 15.5. The number of sulfone groups is 1. The molecule has 4 nitrogen and oxygen atoms in total. The van der Waals surface area contributed by atoms with Crippen LogP contribution < -0.4 is 9.80 Å². The SMILES string of the molecule is O=S1(=O)C[C@H]2[C@H](C1)N(c1ccc(F)cc1)C(=S)N2c1ccccc1. The van der Waals surface area contributed by atoms with Gasteiger partial charge in [0, 0.05) is 11.4 Å². The number of halogens is 1. The summed E-state index contributed by atoms with van der Waals surface area (Å²) in [6.45, 7) is 0. The van der Waals surface area contributed by atoms with E-state index >= 15 is 0 Å². The van der Waals surface area contributed by atoms with E-state index in [2.05, 4.69) is 0 Å². The maximum absolute atomic E-state index is 13.2. The fourth-order valence-electron chi connectivity index (χ4n) is 3.50. The zero-order valence-electron chi connectivity index (χ0n) is 12.7. The molecule has 2 aliphatic rings. The van der Waals surface area contributed by atoms with Crippen molar-refractivity contribution in [1.29, 1.82) is 0 Å². The molecule has 2 aromatic rings. The maximum Gasteiger partial charge on any atom is 0.181 e. The number of anilines is 2. The van der Waals surface area contributed by atoms with Crippen LogP contribution >= 0.6 is 12.2 Å². The third kappa shape index (κ3) is 2.48. The molecule has 7 heteroatoms. The highest BCUT2D eigenvalue weighted by molar-refractivity contribution is 7.91. The Morgan fingerprint density at radius 2 is 1.38 bits per heavy atom. The zero-order valence-corrected chi connectivity index (χ0v) is 14.3. The minimum Gasteiger partial charge on any atom is -0.312 e. The molecule has 2 saturated heterocycles. The number of nitrogens with zero attached hydrogens (tertiary/aromatic N) is 2. The van der Waals surface area contributed by atoms with Crippen molar-refractivity contribution in [1.82, 2.24) is 0 Å². The quantitative estimate of drug-likeness (QED) is 0.768. The van der Waals surface area contributed by atoms with E-state index < -0.39 is 9.84 Å². The summed E-state index contributed by atoms with van der Waals surface area (Å²) < 4.78 is 37.7. The normalized spacial score (nSPS) is 25.1. The Kier molecular flexibility index (Phi) is 3.58. The molecule has 0 N–H and O–H groups in total. The first-order valence-electron chi connectivity index (χ1n) is 7.60. The number of benzene rings is 2. The molecule has 2 atom stereocenters. The summed E-state index contributed by atoms with van der Waals surface area (Å²) in [6.07, 6.45) is 0. The van der Waals surface area contributed by atoms with Crippen LogP contribution in [0.1, 0.15) is 0 Å². The molecule has 24 heavy (non-hydrogen) atoms. The van der Waals surface area contributed by atoms with Crippen molar-refractivity contribution in [3.63, 3.8) is 0 Å². The minimum absolute atomic E-state index is 0.0541. The van der Waals surface area contributed by atoms with Crippen LogP contribution in [0.5, 0.6) is 0 Å². The smallest absolute Gasteiger partial charge is 0.181 e. The second-order valence-electron chi connectivity index (χ2n) is 6.05. The van der Waals surface area contributed by atoms with Crippen LogP contribution in [-0.4, -0.2) is 37.1 Å². The zero-order chi connectivity index (χ0) is 16.9. The number of hydrogen-bond donors (Lipinski definition) is 0. The van der Waals surface area contributed by atoms with Gasteiger partial charge in [0.25, 0.3) is 0 Å². The fourth-order valence-corrected chi connectivity index (χ4v) is 5.90. The van der Waals surface area contributed by atoms with Crippen LogP contribution in [0.3, 0.4) is 0 Å². The van der Waals surface area contributed by atoms with Crippen LogP contribution in [-0.2, 0) is 9.84 Å². The third-order valence-corrected chi connectivity index (χ3v) is 6.60. The summed E-state index contributed by atoms with van der Waals surface area (Å²) in [5, 5.41) is 0.553. The van der Waals surface area contributed by atoms with Gasteiger partial charge in [-0.3, -0.25) is 0 Å². The molecule has 0 bridgehead atoms. The molecule has 0 unspecified atom stereocenters. The first-order chi connectivity index (χ1) is 11.5. The first-order valence-corrected chi connectivity index (χ1v) is 9.83. The lowest BCUT2D eigenvalue weighted by Gasteiger charge is -2.25. The molecule has 0 aromatic heterocycles. The van der Waals surface area contributed by atoms with Gasteiger partial charge in [-0.25, -0.2) is 12.8 Å². The van der Waals surface area contributed by atoms with Gasteiger partial charge in [-0.1, -0.05) is 18.2 Å². The molecule has 2 aromatic carbocycles. The summed E-state index contributed by atoms with van der Waals surface area (Å²) >= 11 is 5.65. The lowest BCUT2D eigenvalue weighted by atomic mass is 10.1. The van der Waals surface area contributed by atoms with Gasteiger partial charge in [0.2, 0.25) is 0 Å². The predicted octanol–water partition coefficient (Wildman–Crippen LogP) is 2.60. The highest BCUT2D eigenvalue weighted by atomic mass is 32.2. The minimum atomic E-state index is -3.14.